The Morgan fingerprint density at radius 1 is 1.19 bits per heavy atom. The van der Waals surface area contributed by atoms with E-state index < -0.39 is 47.7 Å². The van der Waals surface area contributed by atoms with E-state index in [1.165, 1.54) is 0 Å². The van der Waals surface area contributed by atoms with Crippen LogP contribution in [-0.2, 0) is 38.0 Å². The van der Waals surface area contributed by atoms with Gasteiger partial charge in [0.25, 0.3) is 0 Å². The molecular weight excluding hydrogens is 554 g/mol. The number of hydrogen-bond donors (Lipinski definition) is 0. The van der Waals surface area contributed by atoms with Crippen molar-refractivity contribution in [3.8, 4) is 0 Å². The summed E-state index contributed by atoms with van der Waals surface area (Å²) in [4.78, 5) is 39.3. The summed E-state index contributed by atoms with van der Waals surface area (Å²) in [5.41, 5.74) is -0.155. The number of methoxy groups -OCH3 is 1. The Morgan fingerprint density at radius 2 is 1.84 bits per heavy atom. The van der Waals surface area contributed by atoms with Gasteiger partial charge in [-0.25, -0.2) is 9.59 Å². The van der Waals surface area contributed by atoms with Crippen LogP contribution in [0.5, 0.6) is 0 Å². The van der Waals surface area contributed by atoms with Gasteiger partial charge in [-0.15, -0.1) is 0 Å². The summed E-state index contributed by atoms with van der Waals surface area (Å²) < 4.78 is 36.7. The van der Waals surface area contributed by atoms with Gasteiger partial charge in [0.05, 0.1) is 28.9 Å². The predicted molar refractivity (Wildman–Crippen MR) is 160 cm³/mol. The lowest BCUT2D eigenvalue weighted by molar-refractivity contribution is -0.289. The van der Waals surface area contributed by atoms with Crippen molar-refractivity contribution >= 4 is 18.2 Å². The summed E-state index contributed by atoms with van der Waals surface area (Å²) in [5, 5.41) is 0. The Hall–Kier alpha value is -2.79. The Labute approximate surface area is 256 Å². The molecule has 10 nitrogen and oxygen atoms in total. The largest absolute Gasteiger partial charge is 0.459 e. The van der Waals surface area contributed by atoms with Gasteiger partial charge >= 0.3 is 11.9 Å². The van der Waals surface area contributed by atoms with E-state index >= 15 is 0 Å². The molecule has 0 aliphatic carbocycles. The molecule has 2 aliphatic rings. The average Bonchev–Trinajstić information content (AvgIpc) is 2.96. The third-order valence-corrected chi connectivity index (χ3v) is 8.49. The molecule has 1 unspecified atom stereocenters. The van der Waals surface area contributed by atoms with E-state index in [4.69, 9.17) is 28.4 Å². The molecule has 1 saturated heterocycles. The number of cyclic esters (lactones) is 1. The van der Waals surface area contributed by atoms with Gasteiger partial charge in [-0.1, -0.05) is 39.0 Å². The maximum Gasteiger partial charge on any atom is 0.340 e. The second-order valence-electron chi connectivity index (χ2n) is 12.8. The Morgan fingerprint density at radius 3 is 2.42 bits per heavy atom. The van der Waals surface area contributed by atoms with Crippen molar-refractivity contribution in [3.63, 3.8) is 0 Å². The molecule has 1 aromatic rings. The first-order chi connectivity index (χ1) is 20.1. The van der Waals surface area contributed by atoms with Gasteiger partial charge in [0.1, 0.15) is 18.7 Å². The van der Waals surface area contributed by atoms with Crippen LogP contribution in [-0.4, -0.2) is 86.9 Å². The lowest BCUT2D eigenvalue weighted by atomic mass is 9.80. The van der Waals surface area contributed by atoms with Crippen molar-refractivity contribution in [1.82, 2.24) is 4.90 Å². The molecule has 2 heterocycles. The van der Waals surface area contributed by atoms with E-state index in [1.807, 2.05) is 40.9 Å². The molecule has 2 aliphatic heterocycles. The van der Waals surface area contributed by atoms with Crippen LogP contribution >= 0.6 is 0 Å². The molecule has 1 fully saturated rings. The number of rotatable bonds is 13. The van der Waals surface area contributed by atoms with Crippen LogP contribution in [0.25, 0.3) is 0 Å². The van der Waals surface area contributed by atoms with Crippen LogP contribution < -0.4 is 0 Å². The molecule has 0 spiro atoms. The maximum atomic E-state index is 12.8. The molecule has 0 saturated carbocycles. The van der Waals surface area contributed by atoms with Gasteiger partial charge in [0, 0.05) is 44.8 Å². The Bertz CT molecular complexity index is 1150. The molecule has 240 valence electrons. The SMILES string of the molecule is CO[C@](C)(C[C@@H](C)C=O)[C@H](O[C@@H]1O[C@H](COC(=O)c2ccccc2)CC(N(C)C)[C@H]1C)[C@@H](C)C1=C(C)C(=O)OC(C)(C)O1. The van der Waals surface area contributed by atoms with E-state index in [2.05, 4.69) is 11.8 Å². The fourth-order valence-corrected chi connectivity index (χ4v) is 6.08. The van der Waals surface area contributed by atoms with Gasteiger partial charge in [-0.2, -0.15) is 0 Å². The number of carbonyl (C=O) groups is 3. The summed E-state index contributed by atoms with van der Waals surface area (Å²) in [7, 11) is 5.58. The zero-order valence-corrected chi connectivity index (χ0v) is 27.2. The van der Waals surface area contributed by atoms with E-state index in [1.54, 1.807) is 52.1 Å². The van der Waals surface area contributed by atoms with Crippen molar-refractivity contribution in [2.24, 2.45) is 17.8 Å². The summed E-state index contributed by atoms with van der Waals surface area (Å²) in [6, 6.07) is 8.88. The zero-order chi connectivity index (χ0) is 32.1. The molecule has 1 aromatic carbocycles. The first-order valence-electron chi connectivity index (χ1n) is 15.0. The van der Waals surface area contributed by atoms with Crippen LogP contribution in [0.2, 0.25) is 0 Å². The second kappa shape index (κ2) is 14.3. The minimum Gasteiger partial charge on any atom is -0.459 e. The number of carbonyl (C=O) groups excluding carboxylic acids is 3. The number of nitrogens with zero attached hydrogens (tertiary/aromatic N) is 1. The highest BCUT2D eigenvalue weighted by Gasteiger charge is 2.49. The highest BCUT2D eigenvalue weighted by Crippen LogP contribution is 2.41. The monoisotopic (exact) mass is 603 g/mol. The van der Waals surface area contributed by atoms with Crippen molar-refractivity contribution in [2.45, 2.75) is 97.2 Å². The topological polar surface area (TPSA) is 110 Å². The number of hydrogen-bond acceptors (Lipinski definition) is 10. The van der Waals surface area contributed by atoms with E-state index in [0.717, 1.165) is 6.29 Å². The van der Waals surface area contributed by atoms with Crippen molar-refractivity contribution < 1.29 is 42.8 Å². The molecule has 3 rings (SSSR count). The minimum atomic E-state index is -1.16. The molecule has 10 heteroatoms. The fourth-order valence-electron chi connectivity index (χ4n) is 6.08. The zero-order valence-electron chi connectivity index (χ0n) is 27.2. The van der Waals surface area contributed by atoms with Gasteiger partial charge in [0.15, 0.2) is 6.29 Å². The molecule has 0 bridgehead atoms. The summed E-state index contributed by atoms with van der Waals surface area (Å²) in [6.07, 6.45) is 0.0269. The van der Waals surface area contributed by atoms with Crippen LogP contribution in [0.3, 0.4) is 0 Å². The Balaban J connectivity index is 1.95. The van der Waals surface area contributed by atoms with Gasteiger partial charge in [-0.3, -0.25) is 0 Å². The fraction of sp³-hybridized carbons (Fsp3) is 0.667. The molecule has 8 atom stereocenters. The minimum absolute atomic E-state index is 0.0543. The van der Waals surface area contributed by atoms with E-state index in [9.17, 15) is 14.4 Å². The summed E-state index contributed by atoms with van der Waals surface area (Å²) in [5.74, 6) is -2.50. The van der Waals surface area contributed by atoms with E-state index in [0.29, 0.717) is 29.7 Å². The van der Waals surface area contributed by atoms with Crippen molar-refractivity contribution in [2.75, 3.05) is 27.8 Å². The van der Waals surface area contributed by atoms with Crippen LogP contribution in [0, 0.1) is 17.8 Å². The molecule has 0 amide bonds. The third-order valence-electron chi connectivity index (χ3n) is 8.49. The Kier molecular flexibility index (Phi) is 11.6. The van der Waals surface area contributed by atoms with Crippen molar-refractivity contribution in [3.05, 3.63) is 47.2 Å². The smallest absolute Gasteiger partial charge is 0.340 e. The predicted octanol–water partition coefficient (Wildman–Crippen LogP) is 4.76. The summed E-state index contributed by atoms with van der Waals surface area (Å²) in [6.45, 7) is 12.8. The van der Waals surface area contributed by atoms with Crippen LogP contribution in [0.1, 0.15) is 71.7 Å². The molecule has 0 radical (unpaired) electrons. The summed E-state index contributed by atoms with van der Waals surface area (Å²) >= 11 is 0. The van der Waals surface area contributed by atoms with Gasteiger partial charge < -0.3 is 38.1 Å². The first kappa shape index (κ1) is 34.7. The van der Waals surface area contributed by atoms with Crippen molar-refractivity contribution in [1.29, 1.82) is 0 Å². The van der Waals surface area contributed by atoms with Gasteiger partial charge in [0.2, 0.25) is 5.79 Å². The molecule has 0 aromatic heterocycles. The maximum absolute atomic E-state index is 12.8. The van der Waals surface area contributed by atoms with Gasteiger partial charge in [-0.05, 0) is 52.9 Å². The molecular formula is C33H49NO9. The quantitative estimate of drug-likeness (QED) is 0.231. The number of ether oxygens (including phenoxy) is 6. The normalized spacial score (nSPS) is 27.4. The number of aldehydes is 1. The third kappa shape index (κ3) is 8.44. The lowest BCUT2D eigenvalue weighted by Gasteiger charge is -2.48. The van der Waals surface area contributed by atoms with E-state index in [-0.39, 0.29) is 24.5 Å². The highest BCUT2D eigenvalue weighted by atomic mass is 16.7. The second-order valence-corrected chi connectivity index (χ2v) is 12.8. The lowest BCUT2D eigenvalue weighted by Crippen LogP contribution is -2.56. The number of benzene rings is 1. The average molecular weight is 604 g/mol. The first-order valence-corrected chi connectivity index (χ1v) is 15.0. The highest BCUT2D eigenvalue weighted by molar-refractivity contribution is 5.89. The molecule has 43 heavy (non-hydrogen) atoms. The molecule has 0 N–H and O–H groups in total. The number of esters is 2. The van der Waals surface area contributed by atoms with Crippen LogP contribution in [0.4, 0.5) is 0 Å². The van der Waals surface area contributed by atoms with Crippen LogP contribution in [0.15, 0.2) is 41.7 Å². The standard InChI is InChI=1S/C33H49NO9/c1-20(18-35)17-33(7,38-10)28(22(3)27-23(4)29(36)43-32(5,6)42-27)41-31-21(2)26(34(8)9)16-25(40-31)19-39-30(37)24-14-12-11-13-15-24/h11-15,18,20-22,25-26,28,31H,16-17,19H2,1-10H3/t20-,21-,22+,25+,26?,28-,31+,33-/m1/s1.